The first-order valence-electron chi connectivity index (χ1n) is 7.46. The topological polar surface area (TPSA) is 49.4 Å². The second-order valence-electron chi connectivity index (χ2n) is 5.41. The molecule has 1 N–H and O–H groups in total. The van der Waals surface area contributed by atoms with E-state index in [0.717, 1.165) is 29.9 Å². The Morgan fingerprint density at radius 3 is 2.64 bits per heavy atom. The number of hydrogen-bond acceptors (Lipinski definition) is 2. The van der Waals surface area contributed by atoms with Crippen molar-refractivity contribution in [3.63, 3.8) is 0 Å². The second-order valence-corrected chi connectivity index (χ2v) is 5.41. The summed E-state index contributed by atoms with van der Waals surface area (Å²) in [5.41, 5.74) is 2.55. The van der Waals surface area contributed by atoms with E-state index in [1.165, 1.54) is 0 Å². The number of anilines is 2. The average molecular weight is 294 g/mol. The van der Waals surface area contributed by atoms with Crippen LogP contribution in [0.3, 0.4) is 0 Å². The van der Waals surface area contributed by atoms with Gasteiger partial charge in [-0.15, -0.1) is 0 Å². The summed E-state index contributed by atoms with van der Waals surface area (Å²) in [6, 6.07) is 17.1. The van der Waals surface area contributed by atoms with Crippen LogP contribution in [0.2, 0.25) is 0 Å². The Balaban J connectivity index is 1.67. The van der Waals surface area contributed by atoms with Gasteiger partial charge in [0.25, 0.3) is 0 Å². The molecule has 2 amide bonds. The summed E-state index contributed by atoms with van der Waals surface area (Å²) in [6.45, 7) is 0.750. The van der Waals surface area contributed by atoms with Crippen molar-refractivity contribution in [2.45, 2.75) is 19.3 Å². The van der Waals surface area contributed by atoms with Crippen LogP contribution in [0.5, 0.6) is 0 Å². The molecule has 1 heterocycles. The van der Waals surface area contributed by atoms with Crippen LogP contribution >= 0.6 is 0 Å². The first kappa shape index (κ1) is 14.3. The van der Waals surface area contributed by atoms with Gasteiger partial charge in [-0.1, -0.05) is 36.4 Å². The highest BCUT2D eigenvalue weighted by molar-refractivity contribution is 5.97. The fourth-order valence-corrected chi connectivity index (χ4v) is 2.66. The molecule has 22 heavy (non-hydrogen) atoms. The molecule has 0 radical (unpaired) electrons. The van der Waals surface area contributed by atoms with Crippen LogP contribution in [0.15, 0.2) is 54.6 Å². The monoisotopic (exact) mass is 294 g/mol. The van der Waals surface area contributed by atoms with E-state index in [1.54, 1.807) is 4.90 Å². The third-order valence-corrected chi connectivity index (χ3v) is 3.72. The van der Waals surface area contributed by atoms with E-state index in [0.29, 0.717) is 12.8 Å². The van der Waals surface area contributed by atoms with Gasteiger partial charge in [0.2, 0.25) is 11.8 Å². The van der Waals surface area contributed by atoms with Gasteiger partial charge in [0.05, 0.1) is 6.42 Å². The Bertz CT molecular complexity index is 682. The van der Waals surface area contributed by atoms with Gasteiger partial charge < -0.3 is 10.2 Å². The maximum Gasteiger partial charge on any atom is 0.228 e. The van der Waals surface area contributed by atoms with Gasteiger partial charge in [-0.05, 0) is 30.2 Å². The summed E-state index contributed by atoms with van der Waals surface area (Å²) >= 11 is 0. The highest BCUT2D eigenvalue weighted by Crippen LogP contribution is 2.24. The van der Waals surface area contributed by atoms with Gasteiger partial charge in [0, 0.05) is 24.3 Å². The zero-order valence-electron chi connectivity index (χ0n) is 12.3. The number of hydrogen-bond donors (Lipinski definition) is 1. The lowest BCUT2D eigenvalue weighted by atomic mass is 10.1. The van der Waals surface area contributed by atoms with E-state index in [2.05, 4.69) is 5.32 Å². The number of rotatable bonds is 4. The van der Waals surface area contributed by atoms with Crippen molar-refractivity contribution in [1.29, 1.82) is 0 Å². The van der Waals surface area contributed by atoms with Crippen LogP contribution in [0.4, 0.5) is 11.4 Å². The largest absolute Gasteiger partial charge is 0.326 e. The number of carbonyl (C=O) groups is 2. The molecule has 1 aliphatic rings. The molecule has 3 rings (SSSR count). The van der Waals surface area contributed by atoms with Gasteiger partial charge in [-0.25, -0.2) is 0 Å². The predicted octanol–water partition coefficient (Wildman–Crippen LogP) is 2.99. The number of nitrogens with one attached hydrogen (secondary N) is 1. The summed E-state index contributed by atoms with van der Waals surface area (Å²) in [5.74, 6) is 0.0869. The Labute approximate surface area is 129 Å². The third-order valence-electron chi connectivity index (χ3n) is 3.72. The first-order chi connectivity index (χ1) is 10.7. The highest BCUT2D eigenvalue weighted by atomic mass is 16.2. The molecule has 0 aliphatic carbocycles. The molecule has 2 aromatic rings. The van der Waals surface area contributed by atoms with Crippen molar-refractivity contribution in [3.05, 3.63) is 60.2 Å². The Morgan fingerprint density at radius 1 is 1.09 bits per heavy atom. The molecule has 1 fully saturated rings. The van der Waals surface area contributed by atoms with Crippen molar-refractivity contribution in [2.75, 3.05) is 16.8 Å². The zero-order chi connectivity index (χ0) is 15.4. The quantitative estimate of drug-likeness (QED) is 0.942. The first-order valence-corrected chi connectivity index (χ1v) is 7.46. The molecular weight excluding hydrogens is 276 g/mol. The van der Waals surface area contributed by atoms with Crippen LogP contribution in [-0.4, -0.2) is 18.4 Å². The van der Waals surface area contributed by atoms with E-state index in [4.69, 9.17) is 0 Å². The summed E-state index contributed by atoms with van der Waals surface area (Å²) in [7, 11) is 0. The number of amides is 2. The molecule has 0 saturated carbocycles. The van der Waals surface area contributed by atoms with E-state index in [1.807, 2.05) is 54.6 Å². The van der Waals surface area contributed by atoms with Crippen molar-refractivity contribution in [2.24, 2.45) is 0 Å². The molecule has 2 aromatic carbocycles. The summed E-state index contributed by atoms with van der Waals surface area (Å²) in [6.07, 6.45) is 1.84. The normalized spacial score (nSPS) is 14.2. The van der Waals surface area contributed by atoms with Gasteiger partial charge in [0.1, 0.15) is 0 Å². The van der Waals surface area contributed by atoms with Gasteiger partial charge in [-0.2, -0.15) is 0 Å². The molecular formula is C18H18N2O2. The second kappa shape index (κ2) is 6.43. The average Bonchev–Trinajstić information content (AvgIpc) is 2.94. The highest BCUT2D eigenvalue weighted by Gasteiger charge is 2.21. The maximum absolute atomic E-state index is 12.1. The molecule has 112 valence electrons. The zero-order valence-corrected chi connectivity index (χ0v) is 12.3. The lowest BCUT2D eigenvalue weighted by molar-refractivity contribution is -0.117. The standard InChI is InChI=1S/C18H18N2O2/c21-17(12-14-6-2-1-3-7-14)19-15-8-4-9-16(13-15)20-11-5-10-18(20)22/h1-4,6-9,13H,5,10-12H2,(H,19,21). The predicted molar refractivity (Wildman–Crippen MR) is 86.8 cm³/mol. The van der Waals surface area contributed by atoms with Crippen LogP contribution in [-0.2, 0) is 16.0 Å². The van der Waals surface area contributed by atoms with Crippen LogP contribution in [0.25, 0.3) is 0 Å². The number of nitrogens with zero attached hydrogens (tertiary/aromatic N) is 1. The number of benzene rings is 2. The Kier molecular flexibility index (Phi) is 4.19. The molecule has 1 saturated heterocycles. The molecule has 0 bridgehead atoms. The van der Waals surface area contributed by atoms with Crippen molar-refractivity contribution >= 4 is 23.2 Å². The minimum absolute atomic E-state index is 0.0592. The maximum atomic E-state index is 12.1. The van der Waals surface area contributed by atoms with E-state index >= 15 is 0 Å². The SMILES string of the molecule is O=C(Cc1ccccc1)Nc1cccc(N2CCCC2=O)c1. The lowest BCUT2D eigenvalue weighted by Gasteiger charge is -2.16. The Morgan fingerprint density at radius 2 is 1.91 bits per heavy atom. The molecule has 0 aromatic heterocycles. The fourth-order valence-electron chi connectivity index (χ4n) is 2.66. The molecule has 1 aliphatic heterocycles. The molecule has 4 heteroatoms. The summed E-state index contributed by atoms with van der Waals surface area (Å²) < 4.78 is 0. The van der Waals surface area contributed by atoms with Crippen LogP contribution in [0, 0.1) is 0 Å². The molecule has 0 unspecified atom stereocenters. The Hall–Kier alpha value is -2.62. The van der Waals surface area contributed by atoms with Crippen molar-refractivity contribution in [1.82, 2.24) is 0 Å². The number of carbonyl (C=O) groups excluding carboxylic acids is 2. The summed E-state index contributed by atoms with van der Waals surface area (Å²) in [5, 5.41) is 2.89. The van der Waals surface area contributed by atoms with Crippen LogP contribution < -0.4 is 10.2 Å². The molecule has 0 atom stereocenters. The smallest absolute Gasteiger partial charge is 0.228 e. The van der Waals surface area contributed by atoms with Gasteiger partial charge in [0.15, 0.2) is 0 Å². The van der Waals surface area contributed by atoms with Crippen LogP contribution in [0.1, 0.15) is 18.4 Å². The molecule has 0 spiro atoms. The molecule has 4 nitrogen and oxygen atoms in total. The minimum atomic E-state index is -0.0592. The van der Waals surface area contributed by atoms with Gasteiger partial charge >= 0.3 is 0 Å². The van der Waals surface area contributed by atoms with Crippen molar-refractivity contribution in [3.8, 4) is 0 Å². The van der Waals surface area contributed by atoms with Gasteiger partial charge in [-0.3, -0.25) is 9.59 Å². The van der Waals surface area contributed by atoms with E-state index in [-0.39, 0.29) is 11.8 Å². The van der Waals surface area contributed by atoms with Crippen molar-refractivity contribution < 1.29 is 9.59 Å². The fraction of sp³-hybridized carbons (Fsp3) is 0.222. The third kappa shape index (κ3) is 3.34. The van der Waals surface area contributed by atoms with E-state index < -0.39 is 0 Å². The minimum Gasteiger partial charge on any atom is -0.326 e. The van der Waals surface area contributed by atoms with E-state index in [9.17, 15) is 9.59 Å². The lowest BCUT2D eigenvalue weighted by Crippen LogP contribution is -2.23. The summed E-state index contributed by atoms with van der Waals surface area (Å²) in [4.78, 5) is 25.6.